The summed E-state index contributed by atoms with van der Waals surface area (Å²) in [7, 11) is 0. The number of aromatic amines is 1. The van der Waals surface area contributed by atoms with E-state index in [0.717, 1.165) is 5.56 Å². The lowest BCUT2D eigenvalue weighted by atomic mass is 10.1. The molecular weight excluding hydrogens is 292 g/mol. The van der Waals surface area contributed by atoms with Gasteiger partial charge in [0.2, 0.25) is 0 Å². The first kappa shape index (κ1) is 13.5. The van der Waals surface area contributed by atoms with E-state index in [0.29, 0.717) is 28.2 Å². The number of hydrogen-bond donors (Lipinski definition) is 2. The van der Waals surface area contributed by atoms with Gasteiger partial charge in [-0.05, 0) is 35.9 Å². The molecule has 6 heteroatoms. The van der Waals surface area contributed by atoms with Gasteiger partial charge >= 0.3 is 5.76 Å². The molecule has 1 aromatic heterocycles. The third-order valence-corrected chi connectivity index (χ3v) is 3.33. The van der Waals surface area contributed by atoms with Gasteiger partial charge in [0, 0.05) is 17.1 Å². The van der Waals surface area contributed by atoms with Crippen molar-refractivity contribution in [3.63, 3.8) is 0 Å². The number of carbonyl (C=O) groups excluding carboxylic acids is 1. The van der Waals surface area contributed by atoms with Crippen molar-refractivity contribution in [2.24, 2.45) is 0 Å². The Bertz CT molecular complexity index is 866. The van der Waals surface area contributed by atoms with Crippen molar-refractivity contribution in [2.45, 2.75) is 5.88 Å². The molecule has 0 aliphatic heterocycles. The van der Waals surface area contributed by atoms with E-state index < -0.39 is 5.76 Å². The first-order valence-electron chi connectivity index (χ1n) is 6.25. The number of fused-ring (bicyclic) bond motifs is 1. The summed E-state index contributed by atoms with van der Waals surface area (Å²) in [5.41, 5.74) is 2.95. The molecule has 3 rings (SSSR count). The largest absolute Gasteiger partial charge is 0.417 e. The highest BCUT2D eigenvalue weighted by Gasteiger charge is 2.08. The summed E-state index contributed by atoms with van der Waals surface area (Å²) in [6.45, 7) is 0. The first-order chi connectivity index (χ1) is 10.2. The number of H-pyrrole nitrogens is 1. The van der Waals surface area contributed by atoms with E-state index in [-0.39, 0.29) is 5.91 Å². The molecule has 0 atom stereocenters. The molecular formula is C15H11ClN2O3. The van der Waals surface area contributed by atoms with Gasteiger partial charge in [-0.3, -0.25) is 9.78 Å². The van der Waals surface area contributed by atoms with E-state index in [4.69, 9.17) is 16.0 Å². The maximum atomic E-state index is 12.2. The Morgan fingerprint density at radius 1 is 1.24 bits per heavy atom. The highest BCUT2D eigenvalue weighted by Crippen LogP contribution is 2.17. The van der Waals surface area contributed by atoms with Crippen LogP contribution in [-0.4, -0.2) is 10.9 Å². The van der Waals surface area contributed by atoms with Crippen LogP contribution in [0.15, 0.2) is 51.7 Å². The van der Waals surface area contributed by atoms with Gasteiger partial charge in [-0.2, -0.15) is 0 Å². The molecule has 5 nitrogen and oxygen atoms in total. The SMILES string of the molecule is O=C(Nc1ccc2oc(=O)[nH]c2c1)c1cccc(CCl)c1. The number of carbonyl (C=O) groups is 1. The van der Waals surface area contributed by atoms with Crippen molar-refractivity contribution in [1.82, 2.24) is 4.98 Å². The minimum Gasteiger partial charge on any atom is -0.408 e. The predicted molar refractivity (Wildman–Crippen MR) is 80.8 cm³/mol. The molecule has 2 N–H and O–H groups in total. The van der Waals surface area contributed by atoms with Gasteiger partial charge in [0.15, 0.2) is 5.58 Å². The molecule has 106 valence electrons. The number of anilines is 1. The van der Waals surface area contributed by atoms with Crippen LogP contribution >= 0.6 is 11.6 Å². The van der Waals surface area contributed by atoms with E-state index in [9.17, 15) is 9.59 Å². The lowest BCUT2D eigenvalue weighted by molar-refractivity contribution is 0.102. The Kier molecular flexibility index (Phi) is 3.50. The lowest BCUT2D eigenvalue weighted by Crippen LogP contribution is -2.12. The molecule has 0 fully saturated rings. The standard InChI is InChI=1S/C15H11ClN2O3/c16-8-9-2-1-3-10(6-9)14(19)17-11-4-5-13-12(7-11)18-15(20)21-13/h1-7H,8H2,(H,17,19)(H,18,20). The minimum absolute atomic E-state index is 0.243. The van der Waals surface area contributed by atoms with Crippen LogP contribution in [0.4, 0.5) is 5.69 Å². The highest BCUT2D eigenvalue weighted by atomic mass is 35.5. The molecule has 0 unspecified atom stereocenters. The van der Waals surface area contributed by atoms with Crippen LogP contribution in [0, 0.1) is 0 Å². The Balaban J connectivity index is 1.86. The molecule has 0 radical (unpaired) electrons. The topological polar surface area (TPSA) is 75.1 Å². The number of oxazole rings is 1. The fourth-order valence-corrected chi connectivity index (χ4v) is 2.19. The Labute approximate surface area is 124 Å². The second kappa shape index (κ2) is 5.46. The van der Waals surface area contributed by atoms with Gasteiger partial charge in [0.1, 0.15) is 0 Å². The predicted octanol–water partition coefficient (Wildman–Crippen LogP) is 3.11. The van der Waals surface area contributed by atoms with Crippen molar-refractivity contribution < 1.29 is 9.21 Å². The summed E-state index contributed by atoms with van der Waals surface area (Å²) in [5, 5.41) is 2.77. The quantitative estimate of drug-likeness (QED) is 0.730. The van der Waals surface area contributed by atoms with Gasteiger partial charge in [-0.15, -0.1) is 11.6 Å². The zero-order chi connectivity index (χ0) is 14.8. The summed E-state index contributed by atoms with van der Waals surface area (Å²) < 4.78 is 4.90. The molecule has 21 heavy (non-hydrogen) atoms. The van der Waals surface area contributed by atoms with E-state index in [2.05, 4.69) is 10.3 Å². The normalized spacial score (nSPS) is 10.7. The third kappa shape index (κ3) is 2.83. The number of hydrogen-bond acceptors (Lipinski definition) is 3. The van der Waals surface area contributed by atoms with E-state index in [1.54, 1.807) is 36.4 Å². The average Bonchev–Trinajstić information content (AvgIpc) is 2.86. The van der Waals surface area contributed by atoms with Gasteiger partial charge in [-0.25, -0.2) is 4.79 Å². The summed E-state index contributed by atoms with van der Waals surface area (Å²) in [6.07, 6.45) is 0. The molecule has 0 aliphatic carbocycles. The molecule has 3 aromatic rings. The van der Waals surface area contributed by atoms with Crippen LogP contribution in [0.3, 0.4) is 0 Å². The molecule has 1 heterocycles. The monoisotopic (exact) mass is 302 g/mol. The van der Waals surface area contributed by atoms with Crippen molar-refractivity contribution in [3.8, 4) is 0 Å². The van der Waals surface area contributed by atoms with Gasteiger partial charge in [0.25, 0.3) is 5.91 Å². The molecule has 0 saturated heterocycles. The van der Waals surface area contributed by atoms with Crippen LogP contribution in [0.1, 0.15) is 15.9 Å². The van der Waals surface area contributed by atoms with Gasteiger partial charge in [0.05, 0.1) is 5.52 Å². The van der Waals surface area contributed by atoms with E-state index in [1.807, 2.05) is 6.07 Å². The van der Waals surface area contributed by atoms with Crippen LogP contribution in [0.25, 0.3) is 11.1 Å². The number of aromatic nitrogens is 1. The third-order valence-electron chi connectivity index (χ3n) is 3.02. The number of rotatable bonds is 3. The maximum Gasteiger partial charge on any atom is 0.417 e. The maximum absolute atomic E-state index is 12.2. The average molecular weight is 303 g/mol. The molecule has 1 amide bonds. The van der Waals surface area contributed by atoms with Crippen molar-refractivity contribution >= 4 is 34.3 Å². The number of nitrogens with one attached hydrogen (secondary N) is 2. The first-order valence-corrected chi connectivity index (χ1v) is 6.78. The number of benzene rings is 2. The second-order valence-electron chi connectivity index (χ2n) is 4.51. The van der Waals surface area contributed by atoms with Crippen LogP contribution < -0.4 is 11.1 Å². The van der Waals surface area contributed by atoms with Crippen LogP contribution in [0.5, 0.6) is 0 Å². The summed E-state index contributed by atoms with van der Waals surface area (Å²) in [4.78, 5) is 25.8. The summed E-state index contributed by atoms with van der Waals surface area (Å²) in [5.74, 6) is -0.418. The molecule has 0 bridgehead atoms. The molecule has 2 aromatic carbocycles. The summed E-state index contributed by atoms with van der Waals surface area (Å²) in [6, 6.07) is 12.0. The summed E-state index contributed by atoms with van der Waals surface area (Å²) >= 11 is 5.76. The lowest BCUT2D eigenvalue weighted by Gasteiger charge is -2.06. The van der Waals surface area contributed by atoms with Crippen molar-refractivity contribution in [2.75, 3.05) is 5.32 Å². The molecule has 0 aliphatic rings. The number of alkyl halides is 1. The van der Waals surface area contributed by atoms with Crippen LogP contribution in [0.2, 0.25) is 0 Å². The van der Waals surface area contributed by atoms with Gasteiger partial charge < -0.3 is 9.73 Å². The Hall–Kier alpha value is -2.53. The Morgan fingerprint density at radius 2 is 2.10 bits per heavy atom. The van der Waals surface area contributed by atoms with Crippen molar-refractivity contribution in [3.05, 3.63) is 64.1 Å². The Morgan fingerprint density at radius 3 is 2.90 bits per heavy atom. The minimum atomic E-state index is -0.525. The molecule has 0 saturated carbocycles. The number of amides is 1. The second-order valence-corrected chi connectivity index (χ2v) is 4.78. The molecule has 0 spiro atoms. The van der Waals surface area contributed by atoms with E-state index >= 15 is 0 Å². The fraction of sp³-hybridized carbons (Fsp3) is 0.0667. The zero-order valence-corrected chi connectivity index (χ0v) is 11.6. The number of halogens is 1. The van der Waals surface area contributed by atoms with Crippen molar-refractivity contribution in [1.29, 1.82) is 0 Å². The smallest absolute Gasteiger partial charge is 0.408 e. The van der Waals surface area contributed by atoms with Gasteiger partial charge in [-0.1, -0.05) is 12.1 Å². The zero-order valence-electron chi connectivity index (χ0n) is 10.9. The fourth-order valence-electron chi connectivity index (χ4n) is 2.03. The van der Waals surface area contributed by atoms with Crippen LogP contribution in [-0.2, 0) is 5.88 Å². The highest BCUT2D eigenvalue weighted by molar-refractivity contribution is 6.17. The van der Waals surface area contributed by atoms with E-state index in [1.165, 1.54) is 0 Å².